The first-order chi connectivity index (χ1) is 10.2. The molecule has 1 aliphatic carbocycles. The predicted octanol–water partition coefficient (Wildman–Crippen LogP) is 2.31. The molecule has 5 nitrogen and oxygen atoms in total. The largest absolute Gasteiger partial charge is 0.493 e. The van der Waals surface area contributed by atoms with Crippen molar-refractivity contribution in [3.63, 3.8) is 0 Å². The van der Waals surface area contributed by atoms with Gasteiger partial charge >= 0.3 is 0 Å². The van der Waals surface area contributed by atoms with Crippen molar-refractivity contribution >= 4 is 11.3 Å². The monoisotopic (exact) mass is 306 g/mol. The standard InChI is InChI=1S/C15H22N4OS/c1-19-15(11(20-2)9-17-19)14(18-16)13-8-10-6-4-3-5-7-12(10)21-13/h8-9,14,18H,3-7,16H2,1-2H3. The second-order valence-electron chi connectivity index (χ2n) is 5.48. The fraction of sp³-hybridized carbons (Fsp3) is 0.533. The van der Waals surface area contributed by atoms with Crippen LogP contribution in [-0.2, 0) is 19.9 Å². The maximum atomic E-state index is 5.84. The number of aryl methyl sites for hydroxylation is 3. The molecule has 0 saturated carbocycles. The average molecular weight is 306 g/mol. The third kappa shape index (κ3) is 2.71. The number of methoxy groups -OCH3 is 1. The number of hydrazine groups is 1. The predicted molar refractivity (Wildman–Crippen MR) is 84.5 cm³/mol. The Kier molecular flexibility index (Phi) is 4.28. The molecule has 3 rings (SSSR count). The summed E-state index contributed by atoms with van der Waals surface area (Å²) in [6.07, 6.45) is 8.04. The van der Waals surface area contributed by atoms with Crippen molar-refractivity contribution in [2.24, 2.45) is 12.9 Å². The minimum Gasteiger partial charge on any atom is -0.493 e. The smallest absolute Gasteiger partial charge is 0.162 e. The van der Waals surface area contributed by atoms with Gasteiger partial charge in [0, 0.05) is 16.8 Å². The van der Waals surface area contributed by atoms with Gasteiger partial charge in [0.15, 0.2) is 5.75 Å². The molecule has 1 unspecified atom stereocenters. The summed E-state index contributed by atoms with van der Waals surface area (Å²) < 4.78 is 7.25. The van der Waals surface area contributed by atoms with Crippen LogP contribution in [0.3, 0.4) is 0 Å². The van der Waals surface area contributed by atoms with Crippen LogP contribution in [0.15, 0.2) is 12.3 Å². The molecule has 0 fully saturated rings. The lowest BCUT2D eigenvalue weighted by molar-refractivity contribution is 0.401. The summed E-state index contributed by atoms with van der Waals surface area (Å²) in [6, 6.07) is 2.23. The highest BCUT2D eigenvalue weighted by Gasteiger charge is 2.24. The van der Waals surface area contributed by atoms with Gasteiger partial charge in [-0.3, -0.25) is 10.5 Å². The Morgan fingerprint density at radius 1 is 1.38 bits per heavy atom. The van der Waals surface area contributed by atoms with Gasteiger partial charge in [-0.2, -0.15) is 5.10 Å². The summed E-state index contributed by atoms with van der Waals surface area (Å²) in [6.45, 7) is 0. The van der Waals surface area contributed by atoms with Crippen LogP contribution in [0.25, 0.3) is 0 Å². The molecule has 0 bridgehead atoms. The molecule has 1 aliphatic rings. The second kappa shape index (κ2) is 6.17. The van der Waals surface area contributed by atoms with E-state index in [2.05, 4.69) is 16.6 Å². The number of thiophene rings is 1. The zero-order chi connectivity index (χ0) is 14.8. The number of rotatable bonds is 4. The van der Waals surface area contributed by atoms with E-state index in [1.165, 1.54) is 47.4 Å². The second-order valence-corrected chi connectivity index (χ2v) is 6.65. The molecule has 0 radical (unpaired) electrons. The fourth-order valence-corrected chi connectivity index (χ4v) is 4.36. The molecule has 2 aromatic heterocycles. The summed E-state index contributed by atoms with van der Waals surface area (Å²) in [7, 11) is 3.58. The molecule has 0 spiro atoms. The molecule has 0 saturated heterocycles. The van der Waals surface area contributed by atoms with E-state index in [9.17, 15) is 0 Å². The number of nitrogens with two attached hydrogens (primary N) is 1. The highest BCUT2D eigenvalue weighted by atomic mass is 32.1. The van der Waals surface area contributed by atoms with Gasteiger partial charge in [0.25, 0.3) is 0 Å². The Morgan fingerprint density at radius 2 is 2.19 bits per heavy atom. The topological polar surface area (TPSA) is 65.1 Å². The molecular weight excluding hydrogens is 284 g/mol. The van der Waals surface area contributed by atoms with Crippen LogP contribution in [0.4, 0.5) is 0 Å². The number of aromatic nitrogens is 2. The van der Waals surface area contributed by atoms with Crippen molar-refractivity contribution < 1.29 is 4.74 Å². The molecular formula is C15H22N4OS. The van der Waals surface area contributed by atoms with E-state index in [1.807, 2.05) is 23.1 Å². The zero-order valence-electron chi connectivity index (χ0n) is 12.6. The Bertz CT molecular complexity index is 596. The van der Waals surface area contributed by atoms with Crippen LogP contribution >= 0.6 is 11.3 Å². The first-order valence-corrected chi connectivity index (χ1v) is 8.19. The van der Waals surface area contributed by atoms with E-state index in [4.69, 9.17) is 10.6 Å². The van der Waals surface area contributed by atoms with Crippen molar-refractivity contribution in [1.82, 2.24) is 15.2 Å². The van der Waals surface area contributed by atoms with Crippen molar-refractivity contribution in [3.8, 4) is 5.75 Å². The van der Waals surface area contributed by atoms with E-state index < -0.39 is 0 Å². The van der Waals surface area contributed by atoms with Crippen LogP contribution in [-0.4, -0.2) is 16.9 Å². The highest BCUT2D eigenvalue weighted by molar-refractivity contribution is 7.12. The van der Waals surface area contributed by atoms with Gasteiger partial charge in [-0.1, -0.05) is 6.42 Å². The van der Waals surface area contributed by atoms with Crippen molar-refractivity contribution in [1.29, 1.82) is 0 Å². The van der Waals surface area contributed by atoms with E-state index in [-0.39, 0.29) is 6.04 Å². The van der Waals surface area contributed by atoms with E-state index in [0.717, 1.165) is 11.4 Å². The van der Waals surface area contributed by atoms with Crippen LogP contribution in [0.2, 0.25) is 0 Å². The van der Waals surface area contributed by atoms with Gasteiger partial charge in [-0.05, 0) is 37.3 Å². The molecule has 1 atom stereocenters. The normalized spacial score (nSPS) is 16.3. The van der Waals surface area contributed by atoms with Crippen LogP contribution in [0.5, 0.6) is 5.75 Å². The minimum atomic E-state index is -0.0793. The third-order valence-corrected chi connectivity index (χ3v) is 5.46. The fourth-order valence-electron chi connectivity index (χ4n) is 3.04. The summed E-state index contributed by atoms with van der Waals surface area (Å²) in [5.74, 6) is 6.60. The van der Waals surface area contributed by atoms with Crippen molar-refractivity contribution in [2.75, 3.05) is 7.11 Å². The Morgan fingerprint density at radius 3 is 2.95 bits per heavy atom. The van der Waals surface area contributed by atoms with Gasteiger partial charge in [-0.15, -0.1) is 11.3 Å². The summed E-state index contributed by atoms with van der Waals surface area (Å²) in [4.78, 5) is 2.76. The van der Waals surface area contributed by atoms with Crippen molar-refractivity contribution in [3.05, 3.63) is 33.3 Å². The number of ether oxygens (including phenoxy) is 1. The maximum absolute atomic E-state index is 5.84. The lowest BCUT2D eigenvalue weighted by Crippen LogP contribution is -2.30. The summed E-state index contributed by atoms with van der Waals surface area (Å²) in [5.41, 5.74) is 5.39. The van der Waals surface area contributed by atoms with Crippen LogP contribution in [0.1, 0.15) is 46.3 Å². The number of nitrogens with zero attached hydrogens (tertiary/aromatic N) is 2. The maximum Gasteiger partial charge on any atom is 0.162 e. The first-order valence-electron chi connectivity index (χ1n) is 7.38. The Labute approximate surface area is 129 Å². The molecule has 0 aliphatic heterocycles. The number of hydrogen-bond donors (Lipinski definition) is 2. The molecule has 21 heavy (non-hydrogen) atoms. The highest BCUT2D eigenvalue weighted by Crippen LogP contribution is 2.36. The molecule has 0 amide bonds. The summed E-state index contributed by atoms with van der Waals surface area (Å²) in [5, 5.41) is 4.28. The zero-order valence-corrected chi connectivity index (χ0v) is 13.4. The average Bonchev–Trinajstić information content (AvgIpc) is 2.98. The number of nitrogens with one attached hydrogen (secondary N) is 1. The molecule has 3 N–H and O–H groups in total. The van der Waals surface area contributed by atoms with Gasteiger partial charge in [0.05, 0.1) is 13.3 Å². The van der Waals surface area contributed by atoms with E-state index in [0.29, 0.717) is 0 Å². The van der Waals surface area contributed by atoms with Gasteiger partial charge in [-0.25, -0.2) is 5.43 Å². The lowest BCUT2D eigenvalue weighted by Gasteiger charge is -2.16. The molecule has 2 aromatic rings. The molecule has 0 aromatic carbocycles. The van der Waals surface area contributed by atoms with Gasteiger partial charge < -0.3 is 4.74 Å². The van der Waals surface area contributed by atoms with E-state index in [1.54, 1.807) is 13.3 Å². The van der Waals surface area contributed by atoms with Crippen molar-refractivity contribution in [2.45, 2.75) is 38.1 Å². The Balaban J connectivity index is 1.98. The third-order valence-electron chi connectivity index (χ3n) is 4.16. The first kappa shape index (κ1) is 14.6. The quantitative estimate of drug-likeness (QED) is 0.517. The molecule has 2 heterocycles. The van der Waals surface area contributed by atoms with Crippen LogP contribution < -0.4 is 16.0 Å². The number of hydrogen-bond acceptors (Lipinski definition) is 5. The van der Waals surface area contributed by atoms with E-state index >= 15 is 0 Å². The molecule has 6 heteroatoms. The van der Waals surface area contributed by atoms with Crippen LogP contribution in [0, 0.1) is 0 Å². The lowest BCUT2D eigenvalue weighted by atomic mass is 10.1. The Hall–Kier alpha value is -1.37. The van der Waals surface area contributed by atoms with Gasteiger partial charge in [0.1, 0.15) is 11.7 Å². The van der Waals surface area contributed by atoms with Gasteiger partial charge in [0.2, 0.25) is 0 Å². The molecule has 114 valence electrons. The summed E-state index contributed by atoms with van der Waals surface area (Å²) >= 11 is 1.87. The minimum absolute atomic E-state index is 0.0793. The SMILES string of the molecule is COc1cnn(C)c1C(NN)c1cc2c(s1)CCCCC2. The number of fused-ring (bicyclic) bond motifs is 1.